The predicted octanol–water partition coefficient (Wildman–Crippen LogP) is 3.63. The number of furan rings is 1. The molecule has 150 valence electrons. The van der Waals surface area contributed by atoms with E-state index in [9.17, 15) is 4.79 Å². The van der Waals surface area contributed by atoms with E-state index in [1.54, 1.807) is 6.26 Å². The van der Waals surface area contributed by atoms with Crippen molar-refractivity contribution in [3.63, 3.8) is 0 Å². The maximum atomic E-state index is 13.1. The molecule has 0 aliphatic carbocycles. The van der Waals surface area contributed by atoms with Crippen LogP contribution in [-0.4, -0.2) is 48.4 Å². The third-order valence-corrected chi connectivity index (χ3v) is 5.35. The van der Waals surface area contributed by atoms with Crippen LogP contribution in [0.1, 0.15) is 11.3 Å². The second-order valence-corrected chi connectivity index (χ2v) is 7.41. The molecule has 0 radical (unpaired) electrons. The molecule has 29 heavy (non-hydrogen) atoms. The van der Waals surface area contributed by atoms with E-state index in [1.807, 2.05) is 41.3 Å². The number of amides is 1. The number of piperazine rings is 1. The SMILES string of the molecule is O=C(CN1CCN(c2ccccc2)CC1)N(Cc1ccccc1)Cc1ccco1. The number of carbonyl (C=O) groups excluding carboxylic acids is 1. The molecular weight excluding hydrogens is 362 g/mol. The topological polar surface area (TPSA) is 39.9 Å². The summed E-state index contributed by atoms with van der Waals surface area (Å²) in [4.78, 5) is 19.6. The number of para-hydroxylation sites is 1. The van der Waals surface area contributed by atoms with Crippen LogP contribution >= 0.6 is 0 Å². The van der Waals surface area contributed by atoms with Gasteiger partial charge in [-0.3, -0.25) is 9.69 Å². The van der Waals surface area contributed by atoms with Gasteiger partial charge < -0.3 is 14.2 Å². The highest BCUT2D eigenvalue weighted by atomic mass is 16.3. The van der Waals surface area contributed by atoms with Crippen molar-refractivity contribution in [3.8, 4) is 0 Å². The molecule has 4 rings (SSSR count). The monoisotopic (exact) mass is 389 g/mol. The minimum Gasteiger partial charge on any atom is -0.467 e. The molecule has 2 heterocycles. The summed E-state index contributed by atoms with van der Waals surface area (Å²) < 4.78 is 5.49. The van der Waals surface area contributed by atoms with E-state index in [0.717, 1.165) is 37.5 Å². The molecule has 0 bridgehead atoms. The molecule has 2 aromatic carbocycles. The summed E-state index contributed by atoms with van der Waals surface area (Å²) in [7, 11) is 0. The van der Waals surface area contributed by atoms with Crippen LogP contribution in [-0.2, 0) is 17.9 Å². The molecule has 1 aliphatic rings. The summed E-state index contributed by atoms with van der Waals surface area (Å²) in [5, 5.41) is 0. The molecule has 1 aromatic heterocycles. The van der Waals surface area contributed by atoms with Gasteiger partial charge in [-0.25, -0.2) is 0 Å². The highest BCUT2D eigenvalue weighted by molar-refractivity contribution is 5.78. The van der Waals surface area contributed by atoms with Gasteiger partial charge in [0.25, 0.3) is 0 Å². The Morgan fingerprint density at radius 3 is 2.17 bits per heavy atom. The van der Waals surface area contributed by atoms with Gasteiger partial charge in [-0.05, 0) is 29.8 Å². The third kappa shape index (κ3) is 5.27. The Morgan fingerprint density at radius 2 is 1.52 bits per heavy atom. The molecule has 0 unspecified atom stereocenters. The molecule has 0 saturated carbocycles. The first-order valence-electron chi connectivity index (χ1n) is 10.1. The van der Waals surface area contributed by atoms with Crippen LogP contribution in [0.5, 0.6) is 0 Å². The van der Waals surface area contributed by atoms with Gasteiger partial charge in [-0.15, -0.1) is 0 Å². The number of hydrogen-bond acceptors (Lipinski definition) is 4. The van der Waals surface area contributed by atoms with Crippen molar-refractivity contribution in [2.24, 2.45) is 0 Å². The summed E-state index contributed by atoms with van der Waals surface area (Å²) >= 11 is 0. The molecule has 1 fully saturated rings. The van der Waals surface area contributed by atoms with Crippen LogP contribution < -0.4 is 4.90 Å². The van der Waals surface area contributed by atoms with Gasteiger partial charge in [-0.1, -0.05) is 48.5 Å². The maximum absolute atomic E-state index is 13.1. The lowest BCUT2D eigenvalue weighted by molar-refractivity contribution is -0.134. The van der Waals surface area contributed by atoms with Crippen molar-refractivity contribution in [2.75, 3.05) is 37.6 Å². The van der Waals surface area contributed by atoms with Gasteiger partial charge >= 0.3 is 0 Å². The highest BCUT2D eigenvalue weighted by Crippen LogP contribution is 2.16. The fourth-order valence-corrected chi connectivity index (χ4v) is 3.72. The van der Waals surface area contributed by atoms with Crippen LogP contribution in [0.4, 0.5) is 5.69 Å². The fourth-order valence-electron chi connectivity index (χ4n) is 3.72. The molecular formula is C24H27N3O2. The zero-order valence-corrected chi connectivity index (χ0v) is 16.6. The summed E-state index contributed by atoms with van der Waals surface area (Å²) in [5.41, 5.74) is 2.38. The molecule has 1 amide bonds. The van der Waals surface area contributed by atoms with Gasteiger partial charge in [0.15, 0.2) is 0 Å². The van der Waals surface area contributed by atoms with Crippen LogP contribution in [0, 0.1) is 0 Å². The zero-order valence-electron chi connectivity index (χ0n) is 16.6. The first-order chi connectivity index (χ1) is 14.3. The van der Waals surface area contributed by atoms with Crippen molar-refractivity contribution in [2.45, 2.75) is 13.1 Å². The Morgan fingerprint density at radius 1 is 0.828 bits per heavy atom. The lowest BCUT2D eigenvalue weighted by Gasteiger charge is -2.36. The molecule has 5 nitrogen and oxygen atoms in total. The molecule has 0 atom stereocenters. The third-order valence-electron chi connectivity index (χ3n) is 5.35. The standard InChI is InChI=1S/C24H27N3O2/c28-24(20-25-13-15-26(16-14-25)22-10-5-2-6-11-22)27(19-23-12-7-17-29-23)18-21-8-3-1-4-9-21/h1-12,17H,13-16,18-20H2. The van der Waals surface area contributed by atoms with E-state index in [0.29, 0.717) is 19.6 Å². The van der Waals surface area contributed by atoms with Crippen molar-refractivity contribution < 1.29 is 9.21 Å². The number of hydrogen-bond donors (Lipinski definition) is 0. The molecule has 1 aliphatic heterocycles. The Labute approximate surface area is 172 Å². The number of anilines is 1. The smallest absolute Gasteiger partial charge is 0.237 e. The van der Waals surface area contributed by atoms with E-state index in [-0.39, 0.29) is 5.91 Å². The van der Waals surface area contributed by atoms with Crippen LogP contribution in [0.2, 0.25) is 0 Å². The second kappa shape index (κ2) is 9.43. The van der Waals surface area contributed by atoms with Gasteiger partial charge in [-0.2, -0.15) is 0 Å². The minimum absolute atomic E-state index is 0.137. The number of benzene rings is 2. The summed E-state index contributed by atoms with van der Waals surface area (Å²) in [6.45, 7) is 5.18. The molecule has 3 aromatic rings. The Kier molecular flexibility index (Phi) is 6.27. The zero-order chi connectivity index (χ0) is 19.9. The van der Waals surface area contributed by atoms with Crippen molar-refractivity contribution in [1.82, 2.24) is 9.80 Å². The maximum Gasteiger partial charge on any atom is 0.237 e. The van der Waals surface area contributed by atoms with Crippen molar-refractivity contribution >= 4 is 11.6 Å². The Hall–Kier alpha value is -3.05. The van der Waals surface area contributed by atoms with Gasteiger partial charge in [0, 0.05) is 38.4 Å². The van der Waals surface area contributed by atoms with Crippen LogP contribution in [0.25, 0.3) is 0 Å². The van der Waals surface area contributed by atoms with E-state index < -0.39 is 0 Å². The molecule has 0 N–H and O–H groups in total. The summed E-state index contributed by atoms with van der Waals surface area (Å²) in [6, 6.07) is 24.4. The van der Waals surface area contributed by atoms with Gasteiger partial charge in [0.1, 0.15) is 5.76 Å². The highest BCUT2D eigenvalue weighted by Gasteiger charge is 2.22. The first kappa shape index (κ1) is 19.3. The molecule has 0 spiro atoms. The van der Waals surface area contributed by atoms with Gasteiger partial charge in [0.05, 0.1) is 19.4 Å². The minimum atomic E-state index is 0.137. The van der Waals surface area contributed by atoms with E-state index in [1.165, 1.54) is 5.69 Å². The predicted molar refractivity (Wildman–Crippen MR) is 114 cm³/mol. The Balaban J connectivity index is 1.36. The van der Waals surface area contributed by atoms with E-state index in [4.69, 9.17) is 4.42 Å². The lowest BCUT2D eigenvalue weighted by atomic mass is 10.2. The van der Waals surface area contributed by atoms with Crippen LogP contribution in [0.3, 0.4) is 0 Å². The van der Waals surface area contributed by atoms with Gasteiger partial charge in [0.2, 0.25) is 5.91 Å². The summed E-state index contributed by atoms with van der Waals surface area (Å²) in [5.74, 6) is 0.946. The number of carbonyl (C=O) groups is 1. The summed E-state index contributed by atoms with van der Waals surface area (Å²) in [6.07, 6.45) is 1.66. The average Bonchev–Trinajstić information content (AvgIpc) is 3.28. The normalized spacial score (nSPS) is 14.7. The Bertz CT molecular complexity index is 873. The largest absolute Gasteiger partial charge is 0.467 e. The fraction of sp³-hybridized carbons (Fsp3) is 0.292. The second-order valence-electron chi connectivity index (χ2n) is 7.41. The first-order valence-corrected chi connectivity index (χ1v) is 10.1. The molecule has 1 saturated heterocycles. The van der Waals surface area contributed by atoms with E-state index in [2.05, 4.69) is 46.2 Å². The number of rotatable bonds is 7. The van der Waals surface area contributed by atoms with Crippen molar-refractivity contribution in [1.29, 1.82) is 0 Å². The lowest BCUT2D eigenvalue weighted by Crippen LogP contribution is -2.50. The van der Waals surface area contributed by atoms with E-state index >= 15 is 0 Å². The van der Waals surface area contributed by atoms with Crippen molar-refractivity contribution in [3.05, 3.63) is 90.4 Å². The van der Waals surface area contributed by atoms with Crippen LogP contribution in [0.15, 0.2) is 83.5 Å². The quantitative estimate of drug-likeness (QED) is 0.619. The number of nitrogens with zero attached hydrogens (tertiary/aromatic N) is 3. The average molecular weight is 389 g/mol. The molecule has 5 heteroatoms.